The van der Waals surface area contributed by atoms with Crippen molar-refractivity contribution in [2.24, 2.45) is 0 Å². The highest BCUT2D eigenvalue weighted by atomic mass is 16.1. The lowest BCUT2D eigenvalue weighted by atomic mass is 10.3. The zero-order chi connectivity index (χ0) is 8.97. The average molecular weight is 161 g/mol. The molecule has 1 aromatic heterocycles. The van der Waals surface area contributed by atoms with E-state index in [4.69, 9.17) is 0 Å². The van der Waals surface area contributed by atoms with Gasteiger partial charge in [-0.05, 0) is 13.0 Å². The molecule has 0 aliphatic rings. The molecule has 0 aliphatic heterocycles. The van der Waals surface area contributed by atoms with Crippen molar-refractivity contribution >= 4 is 18.9 Å². The number of carbonyl (C=O) groups excluding carboxylic acids is 1. The molecular weight excluding hydrogens is 150 g/mol. The van der Waals surface area contributed by atoms with Crippen LogP contribution in [0.2, 0.25) is 0 Å². The average Bonchev–Trinajstić information content (AvgIpc) is 2.43. The normalized spacial score (nSPS) is 12.6. The van der Waals surface area contributed by atoms with Crippen LogP contribution in [0, 0.1) is 0 Å². The van der Waals surface area contributed by atoms with Crippen molar-refractivity contribution in [1.29, 1.82) is 0 Å². The summed E-state index contributed by atoms with van der Waals surface area (Å²) < 4.78 is 0. The van der Waals surface area contributed by atoms with Gasteiger partial charge >= 0.3 is 0 Å². The van der Waals surface area contributed by atoms with Crippen LogP contribution in [0.5, 0.6) is 0 Å². The van der Waals surface area contributed by atoms with Gasteiger partial charge in [0.05, 0.1) is 0 Å². The van der Waals surface area contributed by atoms with E-state index in [0.29, 0.717) is 5.56 Å². The number of aldehydes is 1. The summed E-state index contributed by atoms with van der Waals surface area (Å²) in [7, 11) is 0. The third-order valence-electron chi connectivity index (χ3n) is 1.64. The highest BCUT2D eigenvalue weighted by molar-refractivity contribution is 5.74. The molecule has 0 saturated heterocycles. The van der Waals surface area contributed by atoms with Gasteiger partial charge < -0.3 is 4.98 Å². The third-order valence-corrected chi connectivity index (χ3v) is 1.64. The lowest BCUT2D eigenvalue weighted by Crippen LogP contribution is -2.22. The fraction of sp³-hybridized carbons (Fsp3) is 0.100. The minimum Gasteiger partial charge on any atom is -0.360 e. The Labute approximate surface area is 70.9 Å². The lowest BCUT2D eigenvalue weighted by molar-refractivity contribution is 0.112. The second-order valence-corrected chi connectivity index (χ2v) is 2.45. The van der Waals surface area contributed by atoms with Gasteiger partial charge in [-0.1, -0.05) is 18.7 Å². The summed E-state index contributed by atoms with van der Waals surface area (Å²) >= 11 is 0. The number of hydrogen-bond donors (Lipinski definition) is 1. The first kappa shape index (κ1) is 8.53. The second kappa shape index (κ2) is 3.72. The van der Waals surface area contributed by atoms with E-state index in [-0.39, 0.29) is 0 Å². The molecule has 0 amide bonds. The molecule has 0 unspecified atom stereocenters. The van der Waals surface area contributed by atoms with Gasteiger partial charge in [0.1, 0.15) is 0 Å². The molecule has 1 N–H and O–H groups in total. The number of hydrogen-bond acceptors (Lipinski definition) is 1. The SMILES string of the molecule is C=c1c(C=O)c[nH]c1=CC=CC. The summed E-state index contributed by atoms with van der Waals surface area (Å²) in [4.78, 5) is 13.4. The fourth-order valence-corrected chi connectivity index (χ4v) is 0.932. The first-order valence-electron chi connectivity index (χ1n) is 3.74. The van der Waals surface area contributed by atoms with Gasteiger partial charge in [0.2, 0.25) is 0 Å². The fourth-order valence-electron chi connectivity index (χ4n) is 0.932. The molecule has 1 aromatic rings. The number of aromatic amines is 1. The van der Waals surface area contributed by atoms with Crippen LogP contribution in [0.25, 0.3) is 12.7 Å². The Balaban J connectivity index is 3.28. The maximum Gasteiger partial charge on any atom is 0.152 e. The Kier molecular flexibility index (Phi) is 2.64. The quantitative estimate of drug-likeness (QED) is 0.633. The van der Waals surface area contributed by atoms with Crippen molar-refractivity contribution in [3.05, 3.63) is 34.5 Å². The molecule has 0 radical (unpaired) electrons. The Morgan fingerprint density at radius 1 is 1.58 bits per heavy atom. The first-order chi connectivity index (χ1) is 5.79. The molecule has 12 heavy (non-hydrogen) atoms. The predicted octanol–water partition coefficient (Wildman–Crippen LogP) is 0.594. The van der Waals surface area contributed by atoms with Crippen molar-refractivity contribution in [3.63, 3.8) is 0 Å². The van der Waals surface area contributed by atoms with E-state index < -0.39 is 0 Å². The van der Waals surface area contributed by atoms with Crippen LogP contribution in [-0.4, -0.2) is 11.3 Å². The highest BCUT2D eigenvalue weighted by Crippen LogP contribution is 1.77. The summed E-state index contributed by atoms with van der Waals surface area (Å²) in [6.07, 6.45) is 8.15. The second-order valence-electron chi connectivity index (χ2n) is 2.45. The van der Waals surface area contributed by atoms with Gasteiger partial charge in [0.15, 0.2) is 6.29 Å². The van der Waals surface area contributed by atoms with Crippen molar-refractivity contribution in [1.82, 2.24) is 4.98 Å². The summed E-state index contributed by atoms with van der Waals surface area (Å²) in [5, 5.41) is 1.64. The zero-order valence-electron chi connectivity index (χ0n) is 7.00. The van der Waals surface area contributed by atoms with Gasteiger partial charge in [0.25, 0.3) is 0 Å². The predicted molar refractivity (Wildman–Crippen MR) is 50.2 cm³/mol. The molecule has 2 heteroatoms. The Morgan fingerprint density at radius 3 is 2.83 bits per heavy atom. The third kappa shape index (κ3) is 1.53. The number of aromatic nitrogens is 1. The van der Waals surface area contributed by atoms with Gasteiger partial charge in [-0.25, -0.2) is 0 Å². The monoisotopic (exact) mass is 161 g/mol. The topological polar surface area (TPSA) is 32.9 Å². The number of rotatable bonds is 2. The maximum atomic E-state index is 10.4. The van der Waals surface area contributed by atoms with Gasteiger partial charge in [-0.15, -0.1) is 0 Å². The Hall–Kier alpha value is -1.57. The molecule has 0 bridgehead atoms. The van der Waals surface area contributed by atoms with Crippen LogP contribution >= 0.6 is 0 Å². The number of H-pyrrole nitrogens is 1. The molecular formula is C10H11NO. The number of allylic oxidation sites excluding steroid dienone is 2. The van der Waals surface area contributed by atoms with Gasteiger partial charge in [-0.2, -0.15) is 0 Å². The summed E-state index contributed by atoms with van der Waals surface area (Å²) in [6.45, 7) is 5.71. The standard InChI is InChI=1S/C10H11NO/c1-3-4-5-10-8(2)9(7-12)6-11-10/h3-7,11H,2H2,1H3. The largest absolute Gasteiger partial charge is 0.360 e. The van der Waals surface area contributed by atoms with Crippen LogP contribution < -0.4 is 10.6 Å². The van der Waals surface area contributed by atoms with Gasteiger partial charge in [-0.3, -0.25) is 4.79 Å². The molecule has 1 heterocycles. The van der Waals surface area contributed by atoms with E-state index >= 15 is 0 Å². The number of nitrogens with one attached hydrogen (secondary N) is 1. The molecule has 0 atom stereocenters. The molecule has 0 aliphatic carbocycles. The summed E-state index contributed by atoms with van der Waals surface area (Å²) in [5.41, 5.74) is 0.616. The smallest absolute Gasteiger partial charge is 0.152 e. The Morgan fingerprint density at radius 2 is 2.33 bits per heavy atom. The zero-order valence-corrected chi connectivity index (χ0v) is 7.00. The van der Waals surface area contributed by atoms with E-state index in [2.05, 4.69) is 11.6 Å². The molecule has 0 aromatic carbocycles. The van der Waals surface area contributed by atoms with E-state index in [0.717, 1.165) is 16.9 Å². The maximum absolute atomic E-state index is 10.4. The van der Waals surface area contributed by atoms with Crippen molar-refractivity contribution in [2.75, 3.05) is 0 Å². The highest BCUT2D eigenvalue weighted by Gasteiger charge is 1.92. The molecule has 0 spiro atoms. The lowest BCUT2D eigenvalue weighted by Gasteiger charge is -1.75. The Bertz CT molecular complexity index is 398. The molecule has 62 valence electrons. The molecule has 2 nitrogen and oxygen atoms in total. The van der Waals surface area contributed by atoms with Gasteiger partial charge in [0, 0.05) is 22.3 Å². The molecule has 1 rings (SSSR count). The summed E-state index contributed by atoms with van der Waals surface area (Å²) in [5.74, 6) is 0. The van der Waals surface area contributed by atoms with Crippen LogP contribution in [0.3, 0.4) is 0 Å². The first-order valence-corrected chi connectivity index (χ1v) is 3.74. The minimum atomic E-state index is 0.616. The molecule has 0 saturated carbocycles. The van der Waals surface area contributed by atoms with Crippen molar-refractivity contribution in [3.8, 4) is 0 Å². The summed E-state index contributed by atoms with van der Waals surface area (Å²) in [6, 6.07) is 0. The van der Waals surface area contributed by atoms with Crippen LogP contribution in [0.15, 0.2) is 18.3 Å². The minimum absolute atomic E-state index is 0.616. The van der Waals surface area contributed by atoms with Crippen molar-refractivity contribution in [2.45, 2.75) is 6.92 Å². The van der Waals surface area contributed by atoms with Crippen LogP contribution in [-0.2, 0) is 0 Å². The number of carbonyl (C=O) groups is 1. The van der Waals surface area contributed by atoms with Crippen LogP contribution in [0.4, 0.5) is 0 Å². The van der Waals surface area contributed by atoms with E-state index in [1.165, 1.54) is 0 Å². The molecule has 0 fully saturated rings. The van der Waals surface area contributed by atoms with Crippen molar-refractivity contribution < 1.29 is 4.79 Å². The van der Waals surface area contributed by atoms with E-state index in [9.17, 15) is 4.79 Å². The van der Waals surface area contributed by atoms with Crippen LogP contribution in [0.1, 0.15) is 17.3 Å². The van der Waals surface area contributed by atoms with E-state index in [1.54, 1.807) is 6.20 Å². The van der Waals surface area contributed by atoms with E-state index in [1.807, 2.05) is 25.2 Å².